The quantitative estimate of drug-likeness (QED) is 0.0967. The van der Waals surface area contributed by atoms with Crippen LogP contribution in [0.2, 0.25) is 0 Å². The summed E-state index contributed by atoms with van der Waals surface area (Å²) < 4.78 is 33.2. The highest BCUT2D eigenvalue weighted by atomic mass is 19.1. The van der Waals surface area contributed by atoms with E-state index in [4.69, 9.17) is 19.2 Å². The predicted octanol–water partition coefficient (Wildman–Crippen LogP) is 5.84. The lowest BCUT2D eigenvalue weighted by atomic mass is 9.69. The second-order valence-electron chi connectivity index (χ2n) is 15.6. The van der Waals surface area contributed by atoms with Gasteiger partial charge in [-0.25, -0.2) is 23.9 Å². The first-order valence-electron chi connectivity index (χ1n) is 20.1. The summed E-state index contributed by atoms with van der Waals surface area (Å²) in [5.41, 5.74) is -0.338. The number of esters is 2. The average molecular weight is 788 g/mol. The number of rotatable bonds is 15. The molecule has 2 unspecified atom stereocenters. The van der Waals surface area contributed by atoms with Crippen LogP contribution in [-0.2, 0) is 44.2 Å². The summed E-state index contributed by atoms with van der Waals surface area (Å²) in [6.45, 7) is 5.02. The van der Waals surface area contributed by atoms with Crippen LogP contribution in [0, 0.1) is 17.2 Å². The Kier molecular flexibility index (Phi) is 10.1. The summed E-state index contributed by atoms with van der Waals surface area (Å²) in [6.07, 6.45) is 11.3. The zero-order chi connectivity index (χ0) is 40.1. The van der Waals surface area contributed by atoms with E-state index in [9.17, 15) is 33.2 Å². The Morgan fingerprint density at radius 1 is 1.02 bits per heavy atom. The third kappa shape index (κ3) is 6.25. The molecule has 3 aliphatic heterocycles. The van der Waals surface area contributed by atoms with E-state index in [0.29, 0.717) is 84.3 Å². The van der Waals surface area contributed by atoms with Gasteiger partial charge < -0.3 is 24.1 Å². The minimum atomic E-state index is -1.61. The summed E-state index contributed by atoms with van der Waals surface area (Å²) in [5, 5.41) is 3.44. The van der Waals surface area contributed by atoms with Crippen molar-refractivity contribution in [3.05, 3.63) is 89.7 Å². The van der Waals surface area contributed by atoms with Gasteiger partial charge in [-0.15, -0.1) is 0 Å². The zero-order valence-corrected chi connectivity index (χ0v) is 32.2. The third-order valence-electron chi connectivity index (χ3n) is 12.2. The number of aromatic amines is 1. The van der Waals surface area contributed by atoms with Gasteiger partial charge >= 0.3 is 23.7 Å². The third-order valence-corrected chi connectivity index (χ3v) is 12.2. The molecule has 1 amide bonds. The number of cyclic esters (lactones) is 1. The van der Waals surface area contributed by atoms with E-state index in [2.05, 4.69) is 19.2 Å². The number of pyridine rings is 2. The second kappa shape index (κ2) is 15.1. The van der Waals surface area contributed by atoms with Gasteiger partial charge in [0, 0.05) is 25.9 Å². The van der Waals surface area contributed by atoms with E-state index in [1.807, 2.05) is 24.3 Å². The van der Waals surface area contributed by atoms with Gasteiger partial charge in [0.25, 0.3) is 16.7 Å². The molecule has 4 aromatic rings. The van der Waals surface area contributed by atoms with Crippen LogP contribution in [0.15, 0.2) is 44.8 Å². The van der Waals surface area contributed by atoms with E-state index in [0.717, 1.165) is 47.7 Å². The molecule has 2 spiro atoms. The van der Waals surface area contributed by atoms with Crippen LogP contribution in [0.3, 0.4) is 0 Å². The molecule has 14 nitrogen and oxygen atoms in total. The number of nitrogens with zero attached hydrogens (tertiary/aromatic N) is 3. The molecule has 3 aromatic heterocycles. The molecule has 1 aliphatic carbocycles. The number of nitrogens with one attached hydrogen (secondary N) is 2. The molecule has 0 radical (unpaired) electrons. The van der Waals surface area contributed by atoms with Crippen molar-refractivity contribution in [2.24, 2.45) is 11.3 Å². The fraction of sp³-hybridized carbons (Fsp3) is 0.500. The summed E-state index contributed by atoms with van der Waals surface area (Å²) >= 11 is 0. The molecule has 1 saturated carbocycles. The number of benzene rings is 1. The molecule has 304 valence electrons. The first kappa shape index (κ1) is 38.3. The van der Waals surface area contributed by atoms with Gasteiger partial charge in [-0.05, 0) is 74.3 Å². The van der Waals surface area contributed by atoms with E-state index in [-0.39, 0.29) is 33.5 Å². The number of carbonyl (C=O) groups is 3. The lowest BCUT2D eigenvalue weighted by Gasteiger charge is -2.49. The lowest BCUT2D eigenvalue weighted by Crippen LogP contribution is -2.65. The molecule has 1 saturated heterocycles. The van der Waals surface area contributed by atoms with Crippen LogP contribution in [-0.4, -0.2) is 50.2 Å². The molecule has 57 heavy (non-hydrogen) atoms. The van der Waals surface area contributed by atoms with Crippen molar-refractivity contribution < 1.29 is 35.8 Å². The van der Waals surface area contributed by atoms with Crippen LogP contribution in [0.1, 0.15) is 110 Å². The minimum Gasteiger partial charge on any atom is -0.494 e. The molecule has 15 heteroatoms. The molecule has 4 aliphatic rings. The van der Waals surface area contributed by atoms with Gasteiger partial charge in [-0.2, -0.15) is 4.39 Å². The molecule has 2 fully saturated rings. The van der Waals surface area contributed by atoms with Crippen LogP contribution in [0.4, 0.5) is 9.18 Å². The number of aromatic nitrogens is 4. The maximum absolute atomic E-state index is 14.2. The van der Waals surface area contributed by atoms with E-state index in [1.165, 1.54) is 19.3 Å². The van der Waals surface area contributed by atoms with Crippen molar-refractivity contribution in [1.29, 1.82) is 0 Å². The molecule has 1 aromatic carbocycles. The number of amides is 1. The standard InChI is InChI=1S/C42H46FN5O9.2H2/c1-3-5-6-7-8-10-13-24-20-41(24)37(51)57-42(41)30-19-33-34-28(21-47(33)36(50)29(30)23-56-38(42)52)26(4-2)27-18-25(14-15-32(27)45-34)55-17-12-9-11-16-44-39(53)48-22-31(43)35(49)46-40(48)54;;/h14-15,18-19,22,24H,3-13,16-17,20-21,23H2,1-2H3,(H,44,53)(H,46,49,54);2*1H/t24?,41?,42-;;/m0../s1. The molecule has 6 heterocycles. The first-order chi connectivity index (χ1) is 27.5. The fourth-order valence-corrected chi connectivity index (χ4v) is 9.17. The maximum Gasteiger partial charge on any atom is 0.357 e. The number of hydrogen-bond acceptors (Lipinski definition) is 10. The van der Waals surface area contributed by atoms with Gasteiger partial charge in [0.15, 0.2) is 0 Å². The molecular formula is C42H50FN5O9. The number of hydrogen-bond donors (Lipinski definition) is 2. The summed E-state index contributed by atoms with van der Waals surface area (Å²) in [4.78, 5) is 83.1. The van der Waals surface area contributed by atoms with Crippen LogP contribution >= 0.6 is 0 Å². The Labute approximate surface area is 329 Å². The van der Waals surface area contributed by atoms with Gasteiger partial charge in [0.1, 0.15) is 17.8 Å². The number of aryl methyl sites for hydroxylation is 1. The Bertz CT molecular complexity index is 2500. The number of ether oxygens (including phenoxy) is 3. The highest BCUT2D eigenvalue weighted by Crippen LogP contribution is 2.74. The van der Waals surface area contributed by atoms with Crippen molar-refractivity contribution >= 4 is 28.9 Å². The Morgan fingerprint density at radius 3 is 2.60 bits per heavy atom. The zero-order valence-electron chi connectivity index (χ0n) is 32.2. The van der Waals surface area contributed by atoms with Gasteiger partial charge in [-0.3, -0.25) is 19.4 Å². The van der Waals surface area contributed by atoms with Crippen molar-refractivity contribution in [2.75, 3.05) is 13.2 Å². The monoisotopic (exact) mass is 787 g/mol. The normalized spacial score (nSPS) is 21.1. The fourth-order valence-electron chi connectivity index (χ4n) is 9.17. The molecule has 0 bridgehead atoms. The highest BCUT2D eigenvalue weighted by molar-refractivity contribution is 6.03. The van der Waals surface area contributed by atoms with Gasteiger partial charge in [0.2, 0.25) is 5.82 Å². The summed E-state index contributed by atoms with van der Waals surface area (Å²) in [7, 11) is 0. The smallest absolute Gasteiger partial charge is 0.357 e. The largest absolute Gasteiger partial charge is 0.494 e. The van der Waals surface area contributed by atoms with E-state index < -0.39 is 40.1 Å². The van der Waals surface area contributed by atoms with Crippen LogP contribution in [0.5, 0.6) is 5.75 Å². The topological polar surface area (TPSA) is 181 Å². The summed E-state index contributed by atoms with van der Waals surface area (Å²) in [5.74, 6) is -1.55. The van der Waals surface area contributed by atoms with E-state index >= 15 is 0 Å². The Hall–Kier alpha value is -5.60. The number of carbonyl (C=O) groups excluding carboxylic acids is 3. The van der Waals surface area contributed by atoms with Crippen molar-refractivity contribution in [3.63, 3.8) is 0 Å². The lowest BCUT2D eigenvalue weighted by molar-refractivity contribution is -0.241. The highest BCUT2D eigenvalue weighted by Gasteiger charge is 2.86. The van der Waals surface area contributed by atoms with E-state index in [1.54, 1.807) is 9.55 Å². The second-order valence-corrected chi connectivity index (χ2v) is 15.6. The van der Waals surface area contributed by atoms with Crippen molar-refractivity contribution in [1.82, 2.24) is 24.4 Å². The predicted molar refractivity (Wildman–Crippen MR) is 210 cm³/mol. The maximum atomic E-state index is 14.2. The molecule has 3 atom stereocenters. The SMILES string of the molecule is CCCCCCCCC1CC12C(=O)O[C@@]21C(=O)OCc2c1cc1n(c2=O)Cc2c-1nc1ccc(OCCCCCNC(=O)n3cc(F)c(=O)[nH]c3=O)cc1c2CC.[HH].[HH]. The first-order valence-corrected chi connectivity index (χ1v) is 20.1. The number of halogens is 1. The Morgan fingerprint density at radius 2 is 1.81 bits per heavy atom. The van der Waals surface area contributed by atoms with Crippen molar-refractivity contribution in [2.45, 2.75) is 110 Å². The summed E-state index contributed by atoms with van der Waals surface area (Å²) in [6, 6.07) is 6.70. The number of fused-ring (bicyclic) bond motifs is 7. The average Bonchev–Trinajstić information content (AvgIpc) is 3.87. The Balaban J connectivity index is 0.00000293. The number of H-pyrrole nitrogens is 1. The van der Waals surface area contributed by atoms with Crippen molar-refractivity contribution in [3.8, 4) is 17.1 Å². The van der Waals surface area contributed by atoms with Gasteiger partial charge in [0.05, 0.1) is 41.8 Å². The molecule has 8 rings (SSSR count). The van der Waals surface area contributed by atoms with Gasteiger partial charge in [-0.1, -0.05) is 52.4 Å². The molecule has 2 N–H and O–H groups in total. The molecular weight excluding hydrogens is 737 g/mol. The van der Waals surface area contributed by atoms with Crippen LogP contribution < -0.4 is 26.9 Å². The van der Waals surface area contributed by atoms with Crippen LogP contribution in [0.25, 0.3) is 22.3 Å². The minimum absolute atomic E-state index is 0. The number of unbranched alkanes of at least 4 members (excludes halogenated alkanes) is 7.